The van der Waals surface area contributed by atoms with Crippen molar-refractivity contribution in [2.75, 3.05) is 24.5 Å². The quantitative estimate of drug-likeness (QED) is 0.611. The molecule has 0 aromatic heterocycles. The van der Waals surface area contributed by atoms with Crippen LogP contribution in [0.4, 0.5) is 5.69 Å². The first-order chi connectivity index (χ1) is 13.2. The van der Waals surface area contributed by atoms with Gasteiger partial charge in [-0.15, -0.1) is 0 Å². The summed E-state index contributed by atoms with van der Waals surface area (Å²) in [5.41, 5.74) is 5.36. The molecule has 27 heavy (non-hydrogen) atoms. The number of carbonyl (C=O) groups is 2. The van der Waals surface area contributed by atoms with Crippen molar-refractivity contribution in [3.63, 3.8) is 0 Å². The van der Waals surface area contributed by atoms with Crippen molar-refractivity contribution in [3.05, 3.63) is 65.2 Å². The average molecular weight is 365 g/mol. The Morgan fingerprint density at radius 1 is 0.963 bits per heavy atom. The van der Waals surface area contributed by atoms with Crippen molar-refractivity contribution >= 4 is 17.5 Å². The van der Waals surface area contributed by atoms with E-state index in [9.17, 15) is 9.59 Å². The fraction of sp³-hybridized carbons (Fsp3) is 0.364. The third-order valence-corrected chi connectivity index (χ3v) is 4.90. The van der Waals surface area contributed by atoms with Gasteiger partial charge in [-0.25, -0.2) is 0 Å². The highest BCUT2D eigenvalue weighted by atomic mass is 16.2. The van der Waals surface area contributed by atoms with Crippen LogP contribution in [0.5, 0.6) is 0 Å². The number of fused-ring (bicyclic) bond motifs is 1. The molecule has 0 atom stereocenters. The van der Waals surface area contributed by atoms with Gasteiger partial charge in [0.2, 0.25) is 0 Å². The van der Waals surface area contributed by atoms with Crippen LogP contribution < -0.4 is 15.5 Å². The van der Waals surface area contributed by atoms with Crippen LogP contribution in [0.1, 0.15) is 30.0 Å². The maximum atomic E-state index is 11.5. The van der Waals surface area contributed by atoms with Crippen molar-refractivity contribution in [1.82, 2.24) is 10.6 Å². The maximum Gasteiger partial charge on any atom is 0.309 e. The summed E-state index contributed by atoms with van der Waals surface area (Å²) in [6.07, 6.45) is 2.77. The zero-order valence-electron chi connectivity index (χ0n) is 15.8. The Bertz CT molecular complexity index is 786. The van der Waals surface area contributed by atoms with E-state index in [-0.39, 0.29) is 0 Å². The predicted molar refractivity (Wildman–Crippen MR) is 108 cm³/mol. The van der Waals surface area contributed by atoms with Crippen LogP contribution in [-0.2, 0) is 29.0 Å². The van der Waals surface area contributed by atoms with E-state index < -0.39 is 11.8 Å². The molecule has 0 saturated carbocycles. The van der Waals surface area contributed by atoms with Gasteiger partial charge in [-0.3, -0.25) is 9.59 Å². The van der Waals surface area contributed by atoms with Crippen molar-refractivity contribution in [1.29, 1.82) is 0 Å². The summed E-state index contributed by atoms with van der Waals surface area (Å²) < 4.78 is 0. The minimum atomic E-state index is -0.565. The van der Waals surface area contributed by atoms with E-state index in [1.54, 1.807) is 6.92 Å². The molecular weight excluding hydrogens is 338 g/mol. The van der Waals surface area contributed by atoms with Gasteiger partial charge >= 0.3 is 11.8 Å². The lowest BCUT2D eigenvalue weighted by Gasteiger charge is -2.30. The molecular formula is C22H27N3O2. The van der Waals surface area contributed by atoms with E-state index >= 15 is 0 Å². The van der Waals surface area contributed by atoms with Gasteiger partial charge < -0.3 is 15.5 Å². The second kappa shape index (κ2) is 9.21. The van der Waals surface area contributed by atoms with Gasteiger partial charge in [0.25, 0.3) is 0 Å². The van der Waals surface area contributed by atoms with Gasteiger partial charge in [0, 0.05) is 31.9 Å². The highest BCUT2D eigenvalue weighted by Gasteiger charge is 2.16. The zero-order chi connectivity index (χ0) is 19.1. The summed E-state index contributed by atoms with van der Waals surface area (Å²) in [4.78, 5) is 25.3. The van der Waals surface area contributed by atoms with E-state index in [2.05, 4.69) is 64.1 Å². The molecule has 0 saturated heterocycles. The summed E-state index contributed by atoms with van der Waals surface area (Å²) in [5, 5.41) is 5.14. The van der Waals surface area contributed by atoms with Crippen LogP contribution in [0.2, 0.25) is 0 Å². The summed E-state index contributed by atoms with van der Waals surface area (Å²) >= 11 is 0. The zero-order valence-corrected chi connectivity index (χ0v) is 15.8. The molecule has 1 aliphatic rings. The number of hydrogen-bond acceptors (Lipinski definition) is 3. The molecule has 0 unspecified atom stereocenters. The molecule has 2 N–H and O–H groups in total. The van der Waals surface area contributed by atoms with Gasteiger partial charge in [0.15, 0.2) is 0 Å². The molecule has 5 nitrogen and oxygen atoms in total. The van der Waals surface area contributed by atoms with Crippen LogP contribution in [0.25, 0.3) is 0 Å². The van der Waals surface area contributed by atoms with Crippen LogP contribution in [0.3, 0.4) is 0 Å². The van der Waals surface area contributed by atoms with E-state index in [1.165, 1.54) is 22.4 Å². The first kappa shape index (κ1) is 19.0. The fourth-order valence-corrected chi connectivity index (χ4v) is 3.41. The lowest BCUT2D eigenvalue weighted by atomic mass is 9.99. The molecule has 0 spiro atoms. The van der Waals surface area contributed by atoms with Crippen LogP contribution in [0, 0.1) is 0 Å². The second-order valence-corrected chi connectivity index (χ2v) is 6.83. The molecule has 0 aliphatic carbocycles. The molecule has 0 radical (unpaired) electrons. The summed E-state index contributed by atoms with van der Waals surface area (Å²) in [6.45, 7) is 4.75. The largest absolute Gasteiger partial charge is 0.367 e. The van der Waals surface area contributed by atoms with Crippen LogP contribution in [-0.4, -0.2) is 31.4 Å². The fourth-order valence-electron chi connectivity index (χ4n) is 3.41. The minimum absolute atomic E-state index is 0.460. The molecule has 0 bridgehead atoms. The summed E-state index contributed by atoms with van der Waals surface area (Å²) in [7, 11) is 0. The maximum absolute atomic E-state index is 11.5. The van der Waals surface area contributed by atoms with Crippen molar-refractivity contribution < 1.29 is 9.59 Å². The summed E-state index contributed by atoms with van der Waals surface area (Å²) in [5.74, 6) is -1.12. The SMILES string of the molecule is CCNC(=O)C(=O)NCCCc1ccc(N2CCc3ccccc3C2)cc1. The number of aryl methyl sites for hydroxylation is 1. The number of likely N-dealkylation sites (N-methyl/N-ethyl adjacent to an activating group) is 1. The highest BCUT2D eigenvalue weighted by Crippen LogP contribution is 2.24. The van der Waals surface area contributed by atoms with Crippen molar-refractivity contribution in [3.8, 4) is 0 Å². The number of amides is 2. The Morgan fingerprint density at radius 2 is 1.67 bits per heavy atom. The van der Waals surface area contributed by atoms with Crippen LogP contribution >= 0.6 is 0 Å². The molecule has 1 heterocycles. The van der Waals surface area contributed by atoms with Gasteiger partial charge in [0.05, 0.1) is 0 Å². The van der Waals surface area contributed by atoms with E-state index in [0.717, 1.165) is 32.4 Å². The van der Waals surface area contributed by atoms with Gasteiger partial charge in [0.1, 0.15) is 0 Å². The Hall–Kier alpha value is -2.82. The normalized spacial score (nSPS) is 13.0. The molecule has 2 aromatic carbocycles. The summed E-state index contributed by atoms with van der Waals surface area (Å²) in [6, 6.07) is 17.3. The topological polar surface area (TPSA) is 61.4 Å². The number of benzene rings is 2. The second-order valence-electron chi connectivity index (χ2n) is 6.83. The third kappa shape index (κ3) is 5.09. The Kier molecular flexibility index (Phi) is 6.47. The van der Waals surface area contributed by atoms with Gasteiger partial charge in [-0.1, -0.05) is 36.4 Å². The minimum Gasteiger partial charge on any atom is -0.367 e. The standard InChI is InChI=1S/C22H27N3O2/c1-2-23-21(26)22(27)24-14-5-6-17-9-11-20(12-10-17)25-15-13-18-7-3-4-8-19(18)16-25/h3-4,7-12H,2,5-6,13-16H2,1H3,(H,23,26)(H,24,27). The molecule has 2 aromatic rings. The lowest BCUT2D eigenvalue weighted by Crippen LogP contribution is -2.40. The smallest absolute Gasteiger partial charge is 0.309 e. The average Bonchev–Trinajstić information content (AvgIpc) is 2.71. The third-order valence-electron chi connectivity index (χ3n) is 4.90. The molecule has 0 fully saturated rings. The Balaban J connectivity index is 1.46. The number of nitrogens with zero attached hydrogens (tertiary/aromatic N) is 1. The Labute approximate surface area is 160 Å². The Morgan fingerprint density at radius 3 is 2.41 bits per heavy atom. The molecule has 2 amide bonds. The number of carbonyl (C=O) groups excluding carboxylic acids is 2. The molecule has 3 rings (SSSR count). The molecule has 5 heteroatoms. The predicted octanol–water partition coefficient (Wildman–Crippen LogP) is 2.43. The van der Waals surface area contributed by atoms with E-state index in [0.29, 0.717) is 13.1 Å². The number of anilines is 1. The lowest BCUT2D eigenvalue weighted by molar-refractivity contribution is -0.139. The monoisotopic (exact) mass is 365 g/mol. The van der Waals surface area contributed by atoms with E-state index in [4.69, 9.17) is 0 Å². The molecule has 1 aliphatic heterocycles. The molecule has 142 valence electrons. The van der Waals surface area contributed by atoms with E-state index in [1.807, 2.05) is 0 Å². The van der Waals surface area contributed by atoms with Crippen molar-refractivity contribution in [2.24, 2.45) is 0 Å². The highest BCUT2D eigenvalue weighted by molar-refractivity contribution is 6.35. The number of hydrogen-bond donors (Lipinski definition) is 2. The van der Waals surface area contributed by atoms with Gasteiger partial charge in [-0.2, -0.15) is 0 Å². The van der Waals surface area contributed by atoms with Crippen LogP contribution in [0.15, 0.2) is 48.5 Å². The first-order valence-corrected chi connectivity index (χ1v) is 9.64. The van der Waals surface area contributed by atoms with Gasteiger partial charge in [-0.05, 0) is 55.0 Å². The number of nitrogens with one attached hydrogen (secondary N) is 2. The first-order valence-electron chi connectivity index (χ1n) is 9.64. The van der Waals surface area contributed by atoms with Crippen molar-refractivity contribution in [2.45, 2.75) is 32.7 Å². The number of rotatable bonds is 6.